The van der Waals surface area contributed by atoms with Gasteiger partial charge in [0.25, 0.3) is 0 Å². The molecule has 1 aliphatic rings. The molecule has 0 radical (unpaired) electrons. The Balaban J connectivity index is 2.04. The van der Waals surface area contributed by atoms with Crippen LogP contribution in [-0.2, 0) is 12.0 Å². The molecule has 0 heterocycles. The Morgan fingerprint density at radius 3 is 2.70 bits per heavy atom. The summed E-state index contributed by atoms with van der Waals surface area (Å²) in [7, 11) is 0. The Hall–Kier alpha value is -1.31. The molecule has 1 aliphatic carbocycles. The molecule has 4 heteroatoms. The molecule has 0 amide bonds. The van der Waals surface area contributed by atoms with Crippen molar-refractivity contribution >= 4 is 37.5 Å². The molecule has 1 N–H and O–H groups in total. The zero-order valence-corrected chi connectivity index (χ0v) is 13.8. The smallest absolute Gasteiger partial charge is 0.151 e. The topological polar surface area (TPSA) is 35.8 Å². The summed E-state index contributed by atoms with van der Waals surface area (Å²) in [4.78, 5) is 0. The van der Waals surface area contributed by atoms with Gasteiger partial charge in [-0.15, -0.1) is 0 Å². The van der Waals surface area contributed by atoms with Crippen LogP contribution in [0.15, 0.2) is 51.4 Å². The van der Waals surface area contributed by atoms with E-state index in [0.29, 0.717) is 0 Å². The van der Waals surface area contributed by atoms with Gasteiger partial charge in [0, 0.05) is 14.6 Å². The normalized spacial score (nSPS) is 20.2. The minimum absolute atomic E-state index is 0.639. The number of anilines is 1. The number of hydrogen-bond donors (Lipinski definition) is 1. The molecule has 2 aromatic carbocycles. The highest BCUT2D eigenvalue weighted by atomic mass is 79.9. The van der Waals surface area contributed by atoms with Crippen LogP contribution in [0.4, 0.5) is 5.69 Å². The van der Waals surface area contributed by atoms with Gasteiger partial charge in [-0.25, -0.2) is 0 Å². The maximum absolute atomic E-state index is 9.75. The van der Waals surface area contributed by atoms with E-state index in [1.165, 1.54) is 5.56 Å². The molecule has 1 unspecified atom stereocenters. The van der Waals surface area contributed by atoms with Gasteiger partial charge in [0.2, 0.25) is 0 Å². The van der Waals surface area contributed by atoms with Crippen molar-refractivity contribution in [3.63, 3.8) is 0 Å². The van der Waals surface area contributed by atoms with Gasteiger partial charge < -0.3 is 5.32 Å². The third-order valence-electron chi connectivity index (χ3n) is 3.70. The van der Waals surface area contributed by atoms with Gasteiger partial charge in [-0.05, 0) is 48.2 Å². The molecule has 0 bridgehead atoms. The van der Waals surface area contributed by atoms with Crippen LogP contribution in [0.5, 0.6) is 0 Å². The van der Waals surface area contributed by atoms with E-state index in [-0.39, 0.29) is 0 Å². The molecule has 0 aromatic heterocycles. The molecule has 0 fully saturated rings. The highest BCUT2D eigenvalue weighted by Gasteiger charge is 2.39. The van der Waals surface area contributed by atoms with E-state index in [1.54, 1.807) is 0 Å². The number of nitriles is 1. The average molecular weight is 392 g/mol. The minimum Gasteiger partial charge on any atom is -0.364 e. The van der Waals surface area contributed by atoms with Crippen LogP contribution < -0.4 is 5.32 Å². The summed E-state index contributed by atoms with van der Waals surface area (Å²) >= 11 is 7.04. The number of fused-ring (bicyclic) bond motifs is 1. The summed E-state index contributed by atoms with van der Waals surface area (Å²) in [5.41, 5.74) is 2.62. The van der Waals surface area contributed by atoms with Crippen molar-refractivity contribution in [1.82, 2.24) is 0 Å². The highest BCUT2D eigenvalue weighted by molar-refractivity contribution is 9.10. The number of halogens is 2. The van der Waals surface area contributed by atoms with Crippen LogP contribution in [0, 0.1) is 11.3 Å². The number of hydrogen-bond acceptors (Lipinski definition) is 2. The zero-order valence-electron chi connectivity index (χ0n) is 10.7. The molecule has 1 atom stereocenters. The largest absolute Gasteiger partial charge is 0.364 e. The van der Waals surface area contributed by atoms with Crippen molar-refractivity contribution in [3.05, 3.63) is 62.5 Å². The molecule has 100 valence electrons. The molecule has 0 saturated heterocycles. The van der Waals surface area contributed by atoms with E-state index in [1.807, 2.05) is 42.5 Å². The van der Waals surface area contributed by atoms with Gasteiger partial charge in [-0.3, -0.25) is 0 Å². The van der Waals surface area contributed by atoms with Crippen molar-refractivity contribution in [3.8, 4) is 6.07 Å². The lowest BCUT2D eigenvalue weighted by Crippen LogP contribution is -2.31. The summed E-state index contributed by atoms with van der Waals surface area (Å²) in [6.07, 6.45) is 1.69. The van der Waals surface area contributed by atoms with Gasteiger partial charge in [-0.1, -0.05) is 50.1 Å². The Morgan fingerprint density at radius 1 is 1.15 bits per heavy atom. The molecule has 2 aromatic rings. The maximum Gasteiger partial charge on any atom is 0.151 e. The summed E-state index contributed by atoms with van der Waals surface area (Å²) in [6.45, 7) is 0. The fourth-order valence-electron chi connectivity index (χ4n) is 2.75. The van der Waals surface area contributed by atoms with Gasteiger partial charge in [0.15, 0.2) is 5.54 Å². The lowest BCUT2D eigenvalue weighted by molar-refractivity contribution is 0.621. The molecule has 0 spiro atoms. The second-order valence-electron chi connectivity index (χ2n) is 4.92. The number of nitrogens with one attached hydrogen (secondary N) is 1. The first-order valence-corrected chi connectivity index (χ1v) is 7.96. The van der Waals surface area contributed by atoms with E-state index >= 15 is 0 Å². The maximum atomic E-state index is 9.75. The number of benzene rings is 2. The third kappa shape index (κ3) is 2.25. The van der Waals surface area contributed by atoms with E-state index < -0.39 is 5.54 Å². The van der Waals surface area contributed by atoms with E-state index in [0.717, 1.165) is 33.0 Å². The first kappa shape index (κ1) is 13.7. The lowest BCUT2D eigenvalue weighted by Gasteiger charge is -2.25. The first-order valence-electron chi connectivity index (χ1n) is 6.37. The quantitative estimate of drug-likeness (QED) is 0.782. The minimum atomic E-state index is -0.639. The van der Waals surface area contributed by atoms with Crippen LogP contribution in [0.25, 0.3) is 0 Å². The Kier molecular flexibility index (Phi) is 3.57. The second-order valence-corrected chi connectivity index (χ2v) is 6.69. The SMILES string of the molecule is N#CC1(Nc2cccc(Br)c2)CCc2c(Br)cccc21. The van der Waals surface area contributed by atoms with Crippen molar-refractivity contribution in [2.45, 2.75) is 18.4 Å². The van der Waals surface area contributed by atoms with E-state index in [4.69, 9.17) is 0 Å². The average Bonchev–Trinajstić information content (AvgIpc) is 2.80. The van der Waals surface area contributed by atoms with Gasteiger partial charge in [-0.2, -0.15) is 5.26 Å². The molecule has 0 aliphatic heterocycles. The Labute approximate surface area is 135 Å². The molecule has 2 nitrogen and oxygen atoms in total. The molecule has 20 heavy (non-hydrogen) atoms. The molecular formula is C16H12Br2N2. The predicted molar refractivity (Wildman–Crippen MR) is 87.5 cm³/mol. The van der Waals surface area contributed by atoms with Gasteiger partial charge in [0.1, 0.15) is 0 Å². The van der Waals surface area contributed by atoms with Crippen LogP contribution in [0.1, 0.15) is 17.5 Å². The predicted octanol–water partition coefficient (Wildman–Crippen LogP) is 4.99. The Bertz CT molecular complexity index is 706. The Morgan fingerprint density at radius 2 is 1.95 bits per heavy atom. The summed E-state index contributed by atoms with van der Waals surface area (Å²) in [5.74, 6) is 0. The summed E-state index contributed by atoms with van der Waals surface area (Å²) in [6, 6.07) is 16.5. The van der Waals surface area contributed by atoms with E-state index in [2.05, 4.69) is 43.2 Å². The van der Waals surface area contributed by atoms with Crippen LogP contribution >= 0.6 is 31.9 Å². The van der Waals surface area contributed by atoms with Crippen LogP contribution in [0.2, 0.25) is 0 Å². The van der Waals surface area contributed by atoms with Gasteiger partial charge in [0.05, 0.1) is 6.07 Å². The monoisotopic (exact) mass is 390 g/mol. The van der Waals surface area contributed by atoms with Crippen LogP contribution in [-0.4, -0.2) is 0 Å². The van der Waals surface area contributed by atoms with Crippen molar-refractivity contribution in [2.75, 3.05) is 5.32 Å². The standard InChI is InChI=1S/C16H12Br2N2/c17-11-3-1-4-12(9-11)20-16(10-19)8-7-13-14(16)5-2-6-15(13)18/h1-6,9,20H,7-8H2. The molecular weight excluding hydrogens is 380 g/mol. The van der Waals surface area contributed by atoms with E-state index in [9.17, 15) is 5.26 Å². The first-order chi connectivity index (χ1) is 9.64. The highest BCUT2D eigenvalue weighted by Crippen LogP contribution is 2.42. The third-order valence-corrected chi connectivity index (χ3v) is 4.94. The zero-order chi connectivity index (χ0) is 14.2. The van der Waals surface area contributed by atoms with Crippen molar-refractivity contribution < 1.29 is 0 Å². The molecule has 0 saturated carbocycles. The summed E-state index contributed by atoms with van der Waals surface area (Å²) in [5, 5.41) is 13.2. The number of rotatable bonds is 2. The lowest BCUT2D eigenvalue weighted by atomic mass is 9.93. The van der Waals surface area contributed by atoms with Gasteiger partial charge >= 0.3 is 0 Å². The van der Waals surface area contributed by atoms with Crippen LogP contribution in [0.3, 0.4) is 0 Å². The van der Waals surface area contributed by atoms with Crippen molar-refractivity contribution in [1.29, 1.82) is 5.26 Å². The second kappa shape index (κ2) is 5.23. The van der Waals surface area contributed by atoms with Crippen molar-refractivity contribution in [2.24, 2.45) is 0 Å². The molecule has 3 rings (SSSR count). The fourth-order valence-corrected chi connectivity index (χ4v) is 3.71. The summed E-state index contributed by atoms with van der Waals surface area (Å²) < 4.78 is 2.09. The fraction of sp³-hybridized carbons (Fsp3) is 0.188. The number of nitrogens with zero attached hydrogens (tertiary/aromatic N) is 1.